The minimum absolute atomic E-state index is 0.0386. The van der Waals surface area contributed by atoms with Crippen molar-refractivity contribution in [1.29, 1.82) is 0 Å². The molecule has 1 aromatic heterocycles. The first kappa shape index (κ1) is 27.3. The number of piperazine rings is 1. The summed E-state index contributed by atoms with van der Waals surface area (Å²) in [6, 6.07) is 7.63. The molecule has 1 aliphatic heterocycles. The molecular formula is C28H38N4O4. The number of amides is 2. The first-order valence-corrected chi connectivity index (χ1v) is 12.8. The van der Waals surface area contributed by atoms with Crippen LogP contribution in [-0.2, 0) is 11.2 Å². The molecule has 8 heteroatoms. The summed E-state index contributed by atoms with van der Waals surface area (Å²) in [6.07, 6.45) is 3.27. The molecule has 1 atom stereocenters. The molecule has 8 nitrogen and oxygen atoms in total. The average molecular weight is 495 g/mol. The maximum Gasteiger partial charge on any atom is 0.342 e. The molecule has 1 saturated heterocycles. The Morgan fingerprint density at radius 2 is 1.75 bits per heavy atom. The smallest absolute Gasteiger partial charge is 0.342 e. The van der Waals surface area contributed by atoms with E-state index in [9.17, 15) is 14.4 Å². The van der Waals surface area contributed by atoms with Gasteiger partial charge in [-0.2, -0.15) is 0 Å². The van der Waals surface area contributed by atoms with Gasteiger partial charge in [0.1, 0.15) is 17.1 Å². The molecule has 2 aromatic rings. The number of aromatic nitrogens is 2. The highest BCUT2D eigenvalue weighted by molar-refractivity contribution is 6.04. The number of benzene rings is 1. The number of esters is 1. The minimum Gasteiger partial charge on any atom is -0.462 e. The van der Waals surface area contributed by atoms with Gasteiger partial charge < -0.3 is 14.5 Å². The molecule has 1 unspecified atom stereocenters. The second kappa shape index (κ2) is 12.1. The summed E-state index contributed by atoms with van der Waals surface area (Å²) in [5.41, 5.74) is 2.47. The lowest BCUT2D eigenvalue weighted by atomic mass is 10.0. The Kier molecular flexibility index (Phi) is 9.18. The predicted molar refractivity (Wildman–Crippen MR) is 138 cm³/mol. The predicted octanol–water partition coefficient (Wildman–Crippen LogP) is 4.24. The molecule has 2 amide bonds. The molecule has 0 N–H and O–H groups in total. The van der Waals surface area contributed by atoms with Gasteiger partial charge in [0.25, 0.3) is 11.8 Å². The maximum atomic E-state index is 13.5. The number of unbranched alkanes of at least 4 members (excludes halogenated alkanes) is 1. The first-order chi connectivity index (χ1) is 17.1. The summed E-state index contributed by atoms with van der Waals surface area (Å²) in [6.45, 7) is 12.7. The molecule has 1 aliphatic rings. The van der Waals surface area contributed by atoms with Crippen LogP contribution in [0.25, 0.3) is 0 Å². The molecule has 0 saturated carbocycles. The molecule has 0 aliphatic carbocycles. The molecule has 3 rings (SSSR count). The van der Waals surface area contributed by atoms with Gasteiger partial charge in [-0.25, -0.2) is 14.8 Å². The third-order valence-electron chi connectivity index (χ3n) is 6.35. The Balaban J connectivity index is 1.73. The van der Waals surface area contributed by atoms with Crippen molar-refractivity contribution in [3.63, 3.8) is 0 Å². The van der Waals surface area contributed by atoms with E-state index in [1.807, 2.05) is 45.0 Å². The molecule has 1 aromatic carbocycles. The number of carbonyl (C=O) groups excluding carboxylic acids is 3. The Hall–Kier alpha value is -3.29. The molecule has 0 radical (unpaired) electrons. The number of hydrogen-bond donors (Lipinski definition) is 0. The highest BCUT2D eigenvalue weighted by Crippen LogP contribution is 2.20. The fourth-order valence-corrected chi connectivity index (χ4v) is 4.38. The minimum atomic E-state index is -0.589. The SMILES string of the molecule is CCCCc1ccc(C(=O)N2CCN(C(=O)c3nc(C)nc(C)c3C(=O)OCC(C)C)CC2C)cc1. The Bertz CT molecular complexity index is 1100. The monoisotopic (exact) mass is 494 g/mol. The summed E-state index contributed by atoms with van der Waals surface area (Å²) < 4.78 is 5.39. The zero-order valence-electron chi connectivity index (χ0n) is 22.3. The van der Waals surface area contributed by atoms with Gasteiger partial charge in [-0.15, -0.1) is 0 Å². The van der Waals surface area contributed by atoms with Crippen LogP contribution in [0.5, 0.6) is 0 Å². The quantitative estimate of drug-likeness (QED) is 0.510. The van der Waals surface area contributed by atoms with Crippen molar-refractivity contribution in [2.24, 2.45) is 5.92 Å². The zero-order valence-corrected chi connectivity index (χ0v) is 22.3. The molecule has 1 fully saturated rings. The van der Waals surface area contributed by atoms with Crippen molar-refractivity contribution in [1.82, 2.24) is 19.8 Å². The van der Waals surface area contributed by atoms with Crippen LogP contribution in [0.4, 0.5) is 0 Å². The lowest BCUT2D eigenvalue weighted by Gasteiger charge is -2.40. The number of carbonyl (C=O) groups is 3. The van der Waals surface area contributed by atoms with E-state index < -0.39 is 5.97 Å². The fourth-order valence-electron chi connectivity index (χ4n) is 4.38. The topological polar surface area (TPSA) is 92.7 Å². The number of hydrogen-bond acceptors (Lipinski definition) is 6. The standard InChI is InChI=1S/C28H38N4O4/c1-7-8-9-22-10-12-23(13-11-22)26(33)32-15-14-31(16-19(32)4)27(34)25-24(20(5)29-21(6)30-25)28(35)36-17-18(2)3/h10-13,18-19H,7-9,14-17H2,1-6H3. The second-order valence-electron chi connectivity index (χ2n) is 9.97. The van der Waals surface area contributed by atoms with Crippen LogP contribution >= 0.6 is 0 Å². The van der Waals surface area contributed by atoms with Crippen LogP contribution in [0.3, 0.4) is 0 Å². The third-order valence-corrected chi connectivity index (χ3v) is 6.35. The summed E-state index contributed by atoms with van der Waals surface area (Å²) in [4.78, 5) is 51.6. The average Bonchev–Trinajstić information content (AvgIpc) is 2.85. The number of nitrogens with zero attached hydrogens (tertiary/aromatic N) is 4. The van der Waals surface area contributed by atoms with Crippen LogP contribution in [-0.4, -0.2) is 69.8 Å². The molecular weight excluding hydrogens is 456 g/mol. The first-order valence-electron chi connectivity index (χ1n) is 12.8. The van der Waals surface area contributed by atoms with E-state index in [-0.39, 0.29) is 41.6 Å². The highest BCUT2D eigenvalue weighted by atomic mass is 16.5. The van der Waals surface area contributed by atoms with Crippen LogP contribution in [0, 0.1) is 19.8 Å². The van der Waals surface area contributed by atoms with Crippen LogP contribution in [0.1, 0.15) is 88.8 Å². The van der Waals surface area contributed by atoms with Gasteiger partial charge >= 0.3 is 5.97 Å². The maximum absolute atomic E-state index is 13.5. The zero-order chi connectivity index (χ0) is 26.4. The van der Waals surface area contributed by atoms with Crippen LogP contribution in [0.2, 0.25) is 0 Å². The Morgan fingerprint density at radius 3 is 2.36 bits per heavy atom. The van der Waals surface area contributed by atoms with E-state index in [2.05, 4.69) is 16.9 Å². The van der Waals surface area contributed by atoms with Crippen molar-refractivity contribution in [3.05, 3.63) is 58.2 Å². The van der Waals surface area contributed by atoms with Gasteiger partial charge in [0.2, 0.25) is 0 Å². The van der Waals surface area contributed by atoms with Crippen molar-refractivity contribution in [2.45, 2.75) is 66.8 Å². The Labute approximate surface area is 214 Å². The van der Waals surface area contributed by atoms with Gasteiger partial charge in [-0.1, -0.05) is 39.3 Å². The van der Waals surface area contributed by atoms with Crippen molar-refractivity contribution in [2.75, 3.05) is 26.2 Å². The van der Waals surface area contributed by atoms with Crippen molar-refractivity contribution in [3.8, 4) is 0 Å². The van der Waals surface area contributed by atoms with E-state index in [4.69, 9.17) is 4.74 Å². The van der Waals surface area contributed by atoms with E-state index in [0.717, 1.165) is 19.3 Å². The number of aryl methyl sites for hydroxylation is 3. The summed E-state index contributed by atoms with van der Waals surface area (Å²) in [7, 11) is 0. The van der Waals surface area contributed by atoms with E-state index in [1.54, 1.807) is 23.6 Å². The van der Waals surface area contributed by atoms with E-state index in [0.29, 0.717) is 36.7 Å². The molecule has 36 heavy (non-hydrogen) atoms. The highest BCUT2D eigenvalue weighted by Gasteiger charge is 2.34. The number of ether oxygens (including phenoxy) is 1. The lowest BCUT2D eigenvalue weighted by Crippen LogP contribution is -2.55. The summed E-state index contributed by atoms with van der Waals surface area (Å²) >= 11 is 0. The number of rotatable bonds is 8. The summed E-state index contributed by atoms with van der Waals surface area (Å²) in [5.74, 6) is -0.393. The van der Waals surface area contributed by atoms with E-state index in [1.165, 1.54) is 5.56 Å². The van der Waals surface area contributed by atoms with Gasteiger partial charge in [0, 0.05) is 31.2 Å². The molecule has 0 bridgehead atoms. The summed E-state index contributed by atoms with van der Waals surface area (Å²) in [5, 5.41) is 0. The second-order valence-corrected chi connectivity index (χ2v) is 9.97. The van der Waals surface area contributed by atoms with Crippen molar-refractivity contribution < 1.29 is 19.1 Å². The van der Waals surface area contributed by atoms with Crippen LogP contribution < -0.4 is 0 Å². The lowest BCUT2D eigenvalue weighted by molar-refractivity contribution is 0.0399. The molecule has 2 heterocycles. The normalized spacial score (nSPS) is 15.8. The van der Waals surface area contributed by atoms with Crippen LogP contribution in [0.15, 0.2) is 24.3 Å². The van der Waals surface area contributed by atoms with Gasteiger partial charge in [-0.3, -0.25) is 9.59 Å². The van der Waals surface area contributed by atoms with Gasteiger partial charge in [0.05, 0.1) is 12.3 Å². The Morgan fingerprint density at radius 1 is 1.06 bits per heavy atom. The van der Waals surface area contributed by atoms with E-state index >= 15 is 0 Å². The molecule has 0 spiro atoms. The third kappa shape index (κ3) is 6.47. The van der Waals surface area contributed by atoms with Gasteiger partial charge in [0.15, 0.2) is 0 Å². The fraction of sp³-hybridized carbons (Fsp3) is 0.536. The van der Waals surface area contributed by atoms with Gasteiger partial charge in [-0.05, 0) is 57.2 Å². The largest absolute Gasteiger partial charge is 0.462 e. The van der Waals surface area contributed by atoms with Crippen molar-refractivity contribution >= 4 is 17.8 Å². The molecule has 194 valence electrons.